The standard InChI is InChI=1S/C24H27N3O2/c1-15-4-5-22-21(11-15)18(13-26-22)6-7-25-24(29)19-12-23(28)27(14-19)20-9-16(2)8-17(3)10-20/h4-5,8-11,13,19,26H,6-7,12,14H2,1-3H3,(H,25,29). The average Bonchev–Trinajstić information content (AvgIpc) is 3.24. The highest BCUT2D eigenvalue weighted by atomic mass is 16.2. The lowest BCUT2D eigenvalue weighted by Crippen LogP contribution is -2.34. The van der Waals surface area contributed by atoms with E-state index in [1.807, 2.05) is 32.2 Å². The highest BCUT2D eigenvalue weighted by molar-refractivity contribution is 6.00. The summed E-state index contributed by atoms with van der Waals surface area (Å²) in [6.07, 6.45) is 3.04. The van der Waals surface area contributed by atoms with Crippen LogP contribution in [0.3, 0.4) is 0 Å². The molecule has 2 heterocycles. The zero-order valence-electron chi connectivity index (χ0n) is 17.2. The summed E-state index contributed by atoms with van der Waals surface area (Å²) in [5, 5.41) is 4.23. The van der Waals surface area contributed by atoms with E-state index >= 15 is 0 Å². The number of hydrogen-bond donors (Lipinski definition) is 2. The van der Waals surface area contributed by atoms with Crippen molar-refractivity contribution in [1.29, 1.82) is 0 Å². The molecule has 0 bridgehead atoms. The van der Waals surface area contributed by atoms with Crippen LogP contribution in [0.1, 0.15) is 28.7 Å². The molecule has 4 rings (SSSR count). The highest BCUT2D eigenvalue weighted by Crippen LogP contribution is 2.27. The molecule has 5 heteroatoms. The lowest BCUT2D eigenvalue weighted by Gasteiger charge is -2.18. The summed E-state index contributed by atoms with van der Waals surface area (Å²) in [6, 6.07) is 12.4. The second kappa shape index (κ2) is 7.74. The first kappa shape index (κ1) is 19.2. The molecule has 0 saturated carbocycles. The number of anilines is 1. The van der Waals surface area contributed by atoms with Gasteiger partial charge in [-0.3, -0.25) is 9.59 Å². The summed E-state index contributed by atoms with van der Waals surface area (Å²) >= 11 is 0. The highest BCUT2D eigenvalue weighted by Gasteiger charge is 2.35. The second-order valence-electron chi connectivity index (χ2n) is 8.16. The van der Waals surface area contributed by atoms with Gasteiger partial charge in [0.2, 0.25) is 11.8 Å². The first-order chi connectivity index (χ1) is 13.9. The van der Waals surface area contributed by atoms with Gasteiger partial charge >= 0.3 is 0 Å². The molecule has 1 saturated heterocycles. The number of nitrogens with one attached hydrogen (secondary N) is 2. The maximum absolute atomic E-state index is 12.7. The van der Waals surface area contributed by atoms with Crippen LogP contribution in [-0.4, -0.2) is 29.9 Å². The van der Waals surface area contributed by atoms with Gasteiger partial charge in [0.15, 0.2) is 0 Å². The first-order valence-corrected chi connectivity index (χ1v) is 10.1. The van der Waals surface area contributed by atoms with Crippen LogP contribution >= 0.6 is 0 Å². The van der Waals surface area contributed by atoms with E-state index in [0.717, 1.165) is 28.8 Å². The van der Waals surface area contributed by atoms with Gasteiger partial charge in [0.1, 0.15) is 0 Å². The van der Waals surface area contributed by atoms with Crippen molar-refractivity contribution in [2.45, 2.75) is 33.6 Å². The van der Waals surface area contributed by atoms with Crippen molar-refractivity contribution in [2.24, 2.45) is 5.92 Å². The smallest absolute Gasteiger partial charge is 0.227 e. The molecule has 1 aromatic heterocycles. The fourth-order valence-corrected chi connectivity index (χ4v) is 4.20. The number of aromatic amines is 1. The Morgan fingerprint density at radius 3 is 2.62 bits per heavy atom. The molecule has 0 spiro atoms. The lowest BCUT2D eigenvalue weighted by atomic mass is 10.1. The van der Waals surface area contributed by atoms with Gasteiger partial charge in [-0.05, 0) is 68.1 Å². The molecule has 0 aliphatic carbocycles. The van der Waals surface area contributed by atoms with Crippen molar-refractivity contribution in [3.8, 4) is 0 Å². The fraction of sp³-hybridized carbons (Fsp3) is 0.333. The van der Waals surface area contributed by atoms with Crippen LogP contribution in [-0.2, 0) is 16.0 Å². The summed E-state index contributed by atoms with van der Waals surface area (Å²) in [5.41, 5.74) is 6.66. The lowest BCUT2D eigenvalue weighted by molar-refractivity contribution is -0.126. The zero-order chi connectivity index (χ0) is 20.5. The molecule has 1 aliphatic heterocycles. The molecule has 0 radical (unpaired) electrons. The normalized spacial score (nSPS) is 16.6. The minimum Gasteiger partial charge on any atom is -0.361 e. The number of rotatable bonds is 5. The summed E-state index contributed by atoms with van der Waals surface area (Å²) in [4.78, 5) is 30.2. The van der Waals surface area contributed by atoms with Crippen molar-refractivity contribution in [2.75, 3.05) is 18.0 Å². The molecular weight excluding hydrogens is 362 g/mol. The van der Waals surface area contributed by atoms with Crippen LogP contribution in [0.4, 0.5) is 5.69 Å². The van der Waals surface area contributed by atoms with Gasteiger partial charge in [0, 0.05) is 42.3 Å². The van der Waals surface area contributed by atoms with Crippen molar-refractivity contribution in [3.63, 3.8) is 0 Å². The largest absolute Gasteiger partial charge is 0.361 e. The molecule has 2 aromatic carbocycles. The Bertz CT molecular complexity index is 1060. The number of carbonyl (C=O) groups is 2. The molecule has 150 valence electrons. The predicted octanol–water partition coefficient (Wildman–Crippen LogP) is 3.80. The van der Waals surface area contributed by atoms with E-state index in [1.165, 1.54) is 16.5 Å². The van der Waals surface area contributed by atoms with Crippen molar-refractivity contribution in [3.05, 3.63) is 64.8 Å². The number of hydrogen-bond acceptors (Lipinski definition) is 2. The van der Waals surface area contributed by atoms with E-state index in [9.17, 15) is 9.59 Å². The van der Waals surface area contributed by atoms with E-state index in [0.29, 0.717) is 13.1 Å². The third-order valence-corrected chi connectivity index (χ3v) is 5.63. The van der Waals surface area contributed by atoms with Gasteiger partial charge in [-0.15, -0.1) is 0 Å². The topological polar surface area (TPSA) is 65.2 Å². The van der Waals surface area contributed by atoms with Crippen LogP contribution in [0.5, 0.6) is 0 Å². The van der Waals surface area contributed by atoms with Gasteiger partial charge < -0.3 is 15.2 Å². The number of nitrogens with zero attached hydrogens (tertiary/aromatic N) is 1. The number of aryl methyl sites for hydroxylation is 3. The van der Waals surface area contributed by atoms with Crippen LogP contribution in [0.15, 0.2) is 42.6 Å². The number of amides is 2. The molecular formula is C24H27N3O2. The Balaban J connectivity index is 1.36. The number of aromatic nitrogens is 1. The Morgan fingerprint density at radius 1 is 1.10 bits per heavy atom. The monoisotopic (exact) mass is 389 g/mol. The molecule has 29 heavy (non-hydrogen) atoms. The van der Waals surface area contributed by atoms with E-state index < -0.39 is 0 Å². The molecule has 2 amide bonds. The molecule has 1 atom stereocenters. The third kappa shape index (κ3) is 4.04. The SMILES string of the molecule is Cc1cc(C)cc(N2CC(C(=O)NCCc3c[nH]c4ccc(C)cc34)CC2=O)c1. The van der Waals surface area contributed by atoms with Crippen LogP contribution in [0.25, 0.3) is 10.9 Å². The number of H-pyrrole nitrogens is 1. The van der Waals surface area contributed by atoms with E-state index in [-0.39, 0.29) is 24.2 Å². The number of benzene rings is 2. The molecule has 1 unspecified atom stereocenters. The van der Waals surface area contributed by atoms with Crippen LogP contribution in [0.2, 0.25) is 0 Å². The maximum Gasteiger partial charge on any atom is 0.227 e. The molecule has 3 aromatic rings. The second-order valence-corrected chi connectivity index (χ2v) is 8.16. The maximum atomic E-state index is 12.7. The molecule has 1 aliphatic rings. The Hall–Kier alpha value is -3.08. The summed E-state index contributed by atoms with van der Waals surface area (Å²) in [6.45, 7) is 7.13. The van der Waals surface area contributed by atoms with Crippen LogP contribution in [0, 0.1) is 26.7 Å². The quantitative estimate of drug-likeness (QED) is 0.697. The molecule has 2 N–H and O–H groups in total. The van der Waals surface area contributed by atoms with Gasteiger partial charge in [-0.25, -0.2) is 0 Å². The van der Waals surface area contributed by atoms with E-state index in [4.69, 9.17) is 0 Å². The minimum absolute atomic E-state index is 0.0160. The van der Waals surface area contributed by atoms with Crippen molar-refractivity contribution in [1.82, 2.24) is 10.3 Å². The number of carbonyl (C=O) groups excluding carboxylic acids is 2. The first-order valence-electron chi connectivity index (χ1n) is 10.1. The fourth-order valence-electron chi connectivity index (χ4n) is 4.20. The van der Waals surface area contributed by atoms with E-state index in [1.54, 1.807) is 4.90 Å². The molecule has 1 fully saturated rings. The summed E-state index contributed by atoms with van der Waals surface area (Å²) < 4.78 is 0. The average molecular weight is 389 g/mol. The number of fused-ring (bicyclic) bond motifs is 1. The van der Waals surface area contributed by atoms with Crippen LogP contribution < -0.4 is 10.2 Å². The Kier molecular flexibility index (Phi) is 5.14. The van der Waals surface area contributed by atoms with Gasteiger partial charge in [-0.2, -0.15) is 0 Å². The minimum atomic E-state index is -0.298. The van der Waals surface area contributed by atoms with Crippen molar-refractivity contribution >= 4 is 28.4 Å². The molecule has 5 nitrogen and oxygen atoms in total. The predicted molar refractivity (Wildman–Crippen MR) is 116 cm³/mol. The third-order valence-electron chi connectivity index (χ3n) is 5.63. The summed E-state index contributed by atoms with van der Waals surface area (Å²) in [5.74, 6) is -0.322. The Labute approximate surface area is 171 Å². The zero-order valence-corrected chi connectivity index (χ0v) is 17.2. The Morgan fingerprint density at radius 2 is 1.86 bits per heavy atom. The van der Waals surface area contributed by atoms with Gasteiger partial charge in [0.05, 0.1) is 5.92 Å². The van der Waals surface area contributed by atoms with Gasteiger partial charge in [-0.1, -0.05) is 17.7 Å². The van der Waals surface area contributed by atoms with Crippen molar-refractivity contribution < 1.29 is 9.59 Å². The summed E-state index contributed by atoms with van der Waals surface area (Å²) in [7, 11) is 0. The van der Waals surface area contributed by atoms with Gasteiger partial charge in [0.25, 0.3) is 0 Å². The van der Waals surface area contributed by atoms with E-state index in [2.05, 4.69) is 41.5 Å².